The maximum absolute atomic E-state index is 12.4. The van der Waals surface area contributed by atoms with Gasteiger partial charge in [0.15, 0.2) is 0 Å². The molecule has 4 heteroatoms. The Hall–Kier alpha value is -2.75. The Balaban J connectivity index is 2.04. The number of hydrogen-bond donors (Lipinski definition) is 1. The third kappa shape index (κ3) is 4.88. The van der Waals surface area contributed by atoms with Gasteiger partial charge in [0.1, 0.15) is 18.1 Å². The number of benzene rings is 2. The molecule has 0 aliphatic rings. The Morgan fingerprint density at radius 1 is 1.09 bits per heavy atom. The minimum Gasteiger partial charge on any atom is -0.493 e. The van der Waals surface area contributed by atoms with E-state index in [2.05, 4.69) is 11.9 Å². The highest BCUT2D eigenvalue weighted by molar-refractivity contribution is 6.06. The topological polar surface area (TPSA) is 47.6 Å². The molecule has 2 rings (SSSR count). The number of carbonyl (C=O) groups is 1. The molecular formula is C19H21NO3. The lowest BCUT2D eigenvalue weighted by molar-refractivity contribution is 0.102. The van der Waals surface area contributed by atoms with Gasteiger partial charge in [-0.15, -0.1) is 0 Å². The first kappa shape index (κ1) is 16.6. The molecule has 4 nitrogen and oxygen atoms in total. The zero-order chi connectivity index (χ0) is 16.7. The minimum absolute atomic E-state index is 0.204. The van der Waals surface area contributed by atoms with Crippen molar-refractivity contribution in [3.8, 4) is 11.5 Å². The van der Waals surface area contributed by atoms with Gasteiger partial charge in [-0.3, -0.25) is 4.79 Å². The highest BCUT2D eigenvalue weighted by Crippen LogP contribution is 2.21. The number of rotatable bonds is 7. The molecule has 0 spiro atoms. The van der Waals surface area contributed by atoms with Crippen molar-refractivity contribution in [3.63, 3.8) is 0 Å². The molecule has 1 amide bonds. The normalized spacial score (nSPS) is 10.0. The van der Waals surface area contributed by atoms with Crippen molar-refractivity contribution in [2.24, 2.45) is 0 Å². The first-order valence-electron chi connectivity index (χ1n) is 7.50. The van der Waals surface area contributed by atoms with Gasteiger partial charge in [-0.2, -0.15) is 0 Å². The van der Waals surface area contributed by atoms with Gasteiger partial charge < -0.3 is 14.8 Å². The Morgan fingerprint density at radius 2 is 1.78 bits per heavy atom. The van der Waals surface area contributed by atoms with E-state index in [9.17, 15) is 4.79 Å². The number of anilines is 1. The number of para-hydroxylation sites is 1. The van der Waals surface area contributed by atoms with Crippen LogP contribution >= 0.6 is 0 Å². The Labute approximate surface area is 136 Å². The van der Waals surface area contributed by atoms with Crippen molar-refractivity contribution in [2.75, 3.05) is 18.5 Å². The van der Waals surface area contributed by atoms with Crippen LogP contribution in [0.5, 0.6) is 11.5 Å². The van der Waals surface area contributed by atoms with Gasteiger partial charge in [0.25, 0.3) is 5.91 Å². The van der Waals surface area contributed by atoms with Crippen LogP contribution in [0.1, 0.15) is 24.2 Å². The van der Waals surface area contributed by atoms with Crippen LogP contribution in [-0.4, -0.2) is 19.1 Å². The van der Waals surface area contributed by atoms with Crippen LogP contribution in [0.2, 0.25) is 0 Å². The van der Waals surface area contributed by atoms with Crippen molar-refractivity contribution in [3.05, 3.63) is 66.2 Å². The zero-order valence-corrected chi connectivity index (χ0v) is 13.5. The molecule has 0 saturated carbocycles. The van der Waals surface area contributed by atoms with Gasteiger partial charge in [-0.25, -0.2) is 0 Å². The summed E-state index contributed by atoms with van der Waals surface area (Å²) < 4.78 is 11.0. The molecule has 0 fully saturated rings. The van der Waals surface area contributed by atoms with E-state index in [4.69, 9.17) is 9.47 Å². The Bertz CT molecular complexity index is 677. The van der Waals surface area contributed by atoms with E-state index in [0.29, 0.717) is 30.2 Å². The van der Waals surface area contributed by atoms with Crippen LogP contribution < -0.4 is 14.8 Å². The minimum atomic E-state index is -0.204. The van der Waals surface area contributed by atoms with E-state index in [1.165, 1.54) is 0 Å². The van der Waals surface area contributed by atoms with Crippen LogP contribution in [0.3, 0.4) is 0 Å². The smallest absolute Gasteiger partial charge is 0.259 e. The summed E-state index contributed by atoms with van der Waals surface area (Å²) in [6.07, 6.45) is 0. The highest BCUT2D eigenvalue weighted by atomic mass is 16.5. The standard InChI is InChI=1S/C19H21NO3/c1-4-22-18-8-6-5-7-17(18)19(21)20-15-9-11-16(12-10-15)23-13-14(2)3/h5-12H,2,4,13H2,1,3H3,(H,20,21). The molecule has 1 N–H and O–H groups in total. The van der Waals surface area contributed by atoms with Crippen molar-refractivity contribution in [2.45, 2.75) is 13.8 Å². The van der Waals surface area contributed by atoms with E-state index in [-0.39, 0.29) is 5.91 Å². The number of ether oxygens (including phenoxy) is 2. The SMILES string of the molecule is C=C(C)COc1ccc(NC(=O)c2ccccc2OCC)cc1. The second-order valence-corrected chi connectivity index (χ2v) is 5.15. The van der Waals surface area contributed by atoms with Crippen LogP contribution in [0.15, 0.2) is 60.7 Å². The summed E-state index contributed by atoms with van der Waals surface area (Å²) >= 11 is 0. The van der Waals surface area contributed by atoms with Crippen LogP contribution in [0, 0.1) is 0 Å². The second-order valence-electron chi connectivity index (χ2n) is 5.15. The monoisotopic (exact) mass is 311 g/mol. The van der Waals surface area contributed by atoms with E-state index >= 15 is 0 Å². The summed E-state index contributed by atoms with van der Waals surface area (Å²) in [7, 11) is 0. The number of amides is 1. The predicted octanol–water partition coefficient (Wildman–Crippen LogP) is 4.29. The highest BCUT2D eigenvalue weighted by Gasteiger charge is 2.12. The van der Waals surface area contributed by atoms with Gasteiger partial charge in [0.2, 0.25) is 0 Å². The quantitative estimate of drug-likeness (QED) is 0.776. The van der Waals surface area contributed by atoms with Gasteiger partial charge in [0, 0.05) is 5.69 Å². The van der Waals surface area contributed by atoms with E-state index in [0.717, 1.165) is 11.3 Å². The number of carbonyl (C=O) groups excluding carboxylic acids is 1. The van der Waals surface area contributed by atoms with Crippen LogP contribution in [0.25, 0.3) is 0 Å². The molecule has 0 atom stereocenters. The van der Waals surface area contributed by atoms with Crippen LogP contribution in [0.4, 0.5) is 5.69 Å². The molecule has 0 aromatic heterocycles. The average molecular weight is 311 g/mol. The first-order valence-corrected chi connectivity index (χ1v) is 7.50. The summed E-state index contributed by atoms with van der Waals surface area (Å²) in [5.41, 5.74) is 2.16. The van der Waals surface area contributed by atoms with Crippen molar-refractivity contribution >= 4 is 11.6 Å². The number of nitrogens with one attached hydrogen (secondary N) is 1. The number of hydrogen-bond acceptors (Lipinski definition) is 3. The zero-order valence-electron chi connectivity index (χ0n) is 13.5. The molecule has 0 heterocycles. The summed E-state index contributed by atoms with van der Waals surface area (Å²) in [6.45, 7) is 8.58. The Kier molecular flexibility index (Phi) is 5.80. The molecule has 23 heavy (non-hydrogen) atoms. The van der Waals surface area contributed by atoms with Gasteiger partial charge in [-0.1, -0.05) is 18.7 Å². The third-order valence-corrected chi connectivity index (χ3v) is 3.03. The lowest BCUT2D eigenvalue weighted by Gasteiger charge is -2.11. The molecule has 0 saturated heterocycles. The maximum atomic E-state index is 12.4. The summed E-state index contributed by atoms with van der Waals surface area (Å²) in [4.78, 5) is 12.4. The van der Waals surface area contributed by atoms with Gasteiger partial charge in [0.05, 0.1) is 12.2 Å². The fourth-order valence-corrected chi connectivity index (χ4v) is 1.98. The van der Waals surface area contributed by atoms with E-state index < -0.39 is 0 Å². The molecule has 2 aromatic rings. The summed E-state index contributed by atoms with van der Waals surface area (Å²) in [6, 6.07) is 14.4. The fraction of sp³-hybridized carbons (Fsp3) is 0.211. The van der Waals surface area contributed by atoms with E-state index in [1.54, 1.807) is 24.3 Å². The predicted molar refractivity (Wildman–Crippen MR) is 92.3 cm³/mol. The fourth-order valence-electron chi connectivity index (χ4n) is 1.98. The Morgan fingerprint density at radius 3 is 2.43 bits per heavy atom. The lowest BCUT2D eigenvalue weighted by atomic mass is 10.2. The van der Waals surface area contributed by atoms with Crippen molar-refractivity contribution in [1.29, 1.82) is 0 Å². The summed E-state index contributed by atoms with van der Waals surface area (Å²) in [5, 5.41) is 2.86. The molecule has 0 unspecified atom stereocenters. The summed E-state index contributed by atoms with van der Waals surface area (Å²) in [5.74, 6) is 1.11. The molecule has 2 aromatic carbocycles. The largest absolute Gasteiger partial charge is 0.493 e. The third-order valence-electron chi connectivity index (χ3n) is 3.03. The van der Waals surface area contributed by atoms with Crippen molar-refractivity contribution < 1.29 is 14.3 Å². The molecule has 120 valence electrons. The molecular weight excluding hydrogens is 290 g/mol. The van der Waals surface area contributed by atoms with Crippen molar-refractivity contribution in [1.82, 2.24) is 0 Å². The van der Waals surface area contributed by atoms with Gasteiger partial charge >= 0.3 is 0 Å². The van der Waals surface area contributed by atoms with Crippen LogP contribution in [-0.2, 0) is 0 Å². The molecule has 0 bridgehead atoms. The van der Waals surface area contributed by atoms with Gasteiger partial charge in [-0.05, 0) is 55.8 Å². The molecule has 0 aliphatic heterocycles. The first-order chi connectivity index (χ1) is 11.1. The molecule has 0 aliphatic carbocycles. The average Bonchev–Trinajstić information content (AvgIpc) is 2.55. The lowest BCUT2D eigenvalue weighted by Crippen LogP contribution is -2.13. The second kappa shape index (κ2) is 8.03. The maximum Gasteiger partial charge on any atom is 0.259 e. The van der Waals surface area contributed by atoms with E-state index in [1.807, 2.05) is 38.1 Å². The molecule has 0 radical (unpaired) electrons.